The summed E-state index contributed by atoms with van der Waals surface area (Å²) < 4.78 is 35.3. The SMILES string of the molecule is C=CC(=C)CCN(C)O/N=C/C(=O)NCC(F)(F)F. The number of hydrogen-bond donors (Lipinski definition) is 1. The molecule has 0 aromatic heterocycles. The third-order valence-corrected chi connectivity index (χ3v) is 1.86. The molecule has 0 aliphatic heterocycles. The average Bonchev–Trinajstić information content (AvgIpc) is 2.32. The van der Waals surface area contributed by atoms with E-state index in [-0.39, 0.29) is 0 Å². The molecule has 0 heterocycles. The van der Waals surface area contributed by atoms with Gasteiger partial charge in [0.15, 0.2) is 0 Å². The molecule has 1 amide bonds. The van der Waals surface area contributed by atoms with Crippen LogP contribution >= 0.6 is 0 Å². The Hall–Kier alpha value is -1.83. The fourth-order valence-corrected chi connectivity index (χ4v) is 0.829. The van der Waals surface area contributed by atoms with Crippen molar-refractivity contribution in [3.8, 4) is 0 Å². The molecular weight excluding hydrogens is 263 g/mol. The Labute approximate surface area is 109 Å². The lowest BCUT2D eigenvalue weighted by Crippen LogP contribution is -2.34. The Morgan fingerprint density at radius 3 is 2.68 bits per heavy atom. The molecule has 0 atom stereocenters. The number of amides is 1. The molecule has 0 rings (SSSR count). The second kappa shape index (κ2) is 8.30. The van der Waals surface area contributed by atoms with Crippen LogP contribution in [0.5, 0.6) is 0 Å². The number of allylic oxidation sites excluding steroid dienone is 1. The third kappa shape index (κ3) is 11.0. The minimum Gasteiger partial charge on any atom is -0.342 e. The Morgan fingerprint density at radius 2 is 2.16 bits per heavy atom. The summed E-state index contributed by atoms with van der Waals surface area (Å²) in [6.07, 6.45) is -1.63. The lowest BCUT2D eigenvalue weighted by Gasteiger charge is -2.12. The summed E-state index contributed by atoms with van der Waals surface area (Å²) in [5.74, 6) is -0.985. The number of rotatable bonds is 8. The second-order valence-corrected chi connectivity index (χ2v) is 3.61. The van der Waals surface area contributed by atoms with Crippen molar-refractivity contribution in [3.05, 3.63) is 24.8 Å². The van der Waals surface area contributed by atoms with Gasteiger partial charge >= 0.3 is 6.18 Å². The highest BCUT2D eigenvalue weighted by molar-refractivity contribution is 6.26. The minimum absolute atomic E-state index is 0.451. The van der Waals surface area contributed by atoms with Gasteiger partial charge in [-0.25, -0.2) is 0 Å². The lowest BCUT2D eigenvalue weighted by atomic mass is 10.2. The average molecular weight is 279 g/mol. The van der Waals surface area contributed by atoms with Crippen molar-refractivity contribution in [3.63, 3.8) is 0 Å². The number of nitrogens with one attached hydrogen (secondary N) is 1. The summed E-state index contributed by atoms with van der Waals surface area (Å²) in [4.78, 5) is 15.6. The molecule has 5 nitrogen and oxygen atoms in total. The van der Waals surface area contributed by atoms with Crippen molar-refractivity contribution in [2.45, 2.75) is 12.6 Å². The van der Waals surface area contributed by atoms with Crippen molar-refractivity contribution in [1.29, 1.82) is 0 Å². The van der Waals surface area contributed by atoms with Crippen molar-refractivity contribution in [2.24, 2.45) is 5.16 Å². The molecule has 0 radical (unpaired) electrons. The van der Waals surface area contributed by atoms with Crippen LogP contribution in [0.4, 0.5) is 13.2 Å². The van der Waals surface area contributed by atoms with Crippen molar-refractivity contribution < 1.29 is 22.9 Å². The van der Waals surface area contributed by atoms with E-state index in [0.717, 1.165) is 5.57 Å². The van der Waals surface area contributed by atoms with Crippen molar-refractivity contribution >= 4 is 12.1 Å². The van der Waals surface area contributed by atoms with E-state index in [0.29, 0.717) is 19.2 Å². The third-order valence-electron chi connectivity index (χ3n) is 1.86. The Kier molecular flexibility index (Phi) is 7.50. The largest absolute Gasteiger partial charge is 0.405 e. The monoisotopic (exact) mass is 279 g/mol. The zero-order chi connectivity index (χ0) is 14.9. The molecule has 0 fully saturated rings. The van der Waals surface area contributed by atoms with E-state index < -0.39 is 18.6 Å². The first-order chi connectivity index (χ1) is 8.74. The highest BCUT2D eigenvalue weighted by Gasteiger charge is 2.27. The van der Waals surface area contributed by atoms with Gasteiger partial charge in [-0.2, -0.15) is 13.2 Å². The highest BCUT2D eigenvalue weighted by Crippen LogP contribution is 2.11. The van der Waals surface area contributed by atoms with Gasteiger partial charge in [-0.3, -0.25) is 9.73 Å². The fraction of sp³-hybridized carbons (Fsp3) is 0.455. The maximum atomic E-state index is 11.8. The van der Waals surface area contributed by atoms with Crippen LogP contribution in [0.15, 0.2) is 30.0 Å². The number of nitrogens with zero attached hydrogens (tertiary/aromatic N) is 2. The van der Waals surface area contributed by atoms with Crippen molar-refractivity contribution in [1.82, 2.24) is 10.4 Å². The van der Waals surface area contributed by atoms with E-state index in [1.54, 1.807) is 18.4 Å². The van der Waals surface area contributed by atoms with E-state index in [1.807, 2.05) is 0 Å². The maximum Gasteiger partial charge on any atom is 0.405 e. The topological polar surface area (TPSA) is 53.9 Å². The van der Waals surface area contributed by atoms with E-state index in [4.69, 9.17) is 4.94 Å². The second-order valence-electron chi connectivity index (χ2n) is 3.61. The summed E-state index contributed by atoms with van der Waals surface area (Å²) in [6, 6.07) is 0. The molecular formula is C11H16F3N3O2. The minimum atomic E-state index is -4.45. The lowest BCUT2D eigenvalue weighted by molar-refractivity contribution is -0.140. The maximum absolute atomic E-state index is 11.8. The molecule has 0 aromatic carbocycles. The Morgan fingerprint density at radius 1 is 1.53 bits per heavy atom. The van der Waals surface area contributed by atoms with Crippen LogP contribution in [-0.2, 0) is 9.73 Å². The number of oxime groups is 1. The summed E-state index contributed by atoms with van der Waals surface area (Å²) in [7, 11) is 1.56. The molecule has 0 bridgehead atoms. The molecule has 0 saturated carbocycles. The number of hydrogen-bond acceptors (Lipinski definition) is 4. The molecule has 0 spiro atoms. The van der Waals surface area contributed by atoms with Crippen LogP contribution in [0.2, 0.25) is 0 Å². The van der Waals surface area contributed by atoms with Gasteiger partial charge in [0.2, 0.25) is 0 Å². The predicted octanol–water partition coefficient (Wildman–Crippen LogP) is 1.65. The van der Waals surface area contributed by atoms with Crippen LogP contribution in [0.1, 0.15) is 6.42 Å². The van der Waals surface area contributed by atoms with E-state index in [9.17, 15) is 18.0 Å². The predicted molar refractivity (Wildman–Crippen MR) is 65.2 cm³/mol. The summed E-state index contributed by atoms with van der Waals surface area (Å²) in [5, 5.41) is 6.17. The van der Waals surface area contributed by atoms with Crippen molar-refractivity contribution in [2.75, 3.05) is 20.1 Å². The quantitative estimate of drug-likeness (QED) is 0.417. The number of hydroxylamine groups is 2. The van der Waals surface area contributed by atoms with Crippen LogP contribution < -0.4 is 5.32 Å². The van der Waals surface area contributed by atoms with E-state index in [1.165, 1.54) is 5.06 Å². The van der Waals surface area contributed by atoms with Gasteiger partial charge in [0, 0.05) is 13.6 Å². The molecule has 0 aromatic rings. The zero-order valence-corrected chi connectivity index (χ0v) is 10.5. The van der Waals surface area contributed by atoms with Crippen LogP contribution in [-0.4, -0.2) is 43.5 Å². The van der Waals surface area contributed by atoms with Gasteiger partial charge in [0.1, 0.15) is 12.8 Å². The van der Waals surface area contributed by atoms with Crippen LogP contribution in [0.3, 0.4) is 0 Å². The number of carbonyl (C=O) groups is 1. The molecule has 0 unspecified atom stereocenters. The summed E-state index contributed by atoms with van der Waals surface area (Å²) in [6.45, 7) is 6.26. The molecule has 1 N–H and O–H groups in total. The first-order valence-corrected chi connectivity index (χ1v) is 5.31. The Bertz CT molecular complexity index is 354. The van der Waals surface area contributed by atoms with Crippen LogP contribution in [0, 0.1) is 0 Å². The normalized spacial score (nSPS) is 11.6. The smallest absolute Gasteiger partial charge is 0.342 e. The summed E-state index contributed by atoms with van der Waals surface area (Å²) >= 11 is 0. The van der Waals surface area contributed by atoms with E-state index >= 15 is 0 Å². The number of halogens is 3. The standard InChI is InChI=1S/C11H16F3N3O2/c1-4-9(2)5-6-17(3)19-16-7-10(18)15-8-11(12,13)14/h4,7H,1-2,5-6,8H2,3H3,(H,15,18)/b16-7+. The van der Waals surface area contributed by atoms with Gasteiger partial charge in [0.05, 0.1) is 0 Å². The molecule has 19 heavy (non-hydrogen) atoms. The molecule has 0 aliphatic rings. The first-order valence-electron chi connectivity index (χ1n) is 5.31. The fourth-order valence-electron chi connectivity index (χ4n) is 0.829. The number of carbonyl (C=O) groups excluding carboxylic acids is 1. The highest BCUT2D eigenvalue weighted by atomic mass is 19.4. The Balaban J connectivity index is 3.85. The molecule has 0 saturated heterocycles. The molecule has 108 valence electrons. The molecule has 8 heteroatoms. The van der Waals surface area contributed by atoms with Crippen LogP contribution in [0.25, 0.3) is 0 Å². The van der Waals surface area contributed by atoms with E-state index in [2.05, 4.69) is 18.3 Å². The van der Waals surface area contributed by atoms with Gasteiger partial charge in [0.25, 0.3) is 5.91 Å². The van der Waals surface area contributed by atoms with Gasteiger partial charge in [-0.1, -0.05) is 30.0 Å². The van der Waals surface area contributed by atoms with Gasteiger partial charge in [-0.15, -0.1) is 5.06 Å². The molecule has 0 aliphatic carbocycles. The zero-order valence-electron chi connectivity index (χ0n) is 10.5. The number of alkyl halides is 3. The first kappa shape index (κ1) is 17.2. The van der Waals surface area contributed by atoms with Gasteiger partial charge < -0.3 is 5.32 Å². The van der Waals surface area contributed by atoms with Gasteiger partial charge in [-0.05, 0) is 6.42 Å². The summed E-state index contributed by atoms with van der Waals surface area (Å²) in [5.41, 5.74) is 0.808.